The lowest BCUT2D eigenvalue weighted by Gasteiger charge is -2.28. The van der Waals surface area contributed by atoms with Gasteiger partial charge in [0.15, 0.2) is 0 Å². The topological polar surface area (TPSA) is 45.4 Å². The lowest BCUT2D eigenvalue weighted by molar-refractivity contribution is 0.584. The minimum absolute atomic E-state index is 0.470. The third-order valence-electron chi connectivity index (χ3n) is 8.03. The van der Waals surface area contributed by atoms with Crippen LogP contribution in [0.25, 0.3) is 22.9 Å². The van der Waals surface area contributed by atoms with Gasteiger partial charge in [0.25, 0.3) is 0 Å². The number of hydrogen-bond acceptors (Lipinski definition) is 5. The zero-order chi connectivity index (χ0) is 31.3. The smallest absolute Gasteiger partial charge is 0.248 e. The summed E-state index contributed by atoms with van der Waals surface area (Å²) in [6.07, 6.45) is 0. The summed E-state index contributed by atoms with van der Waals surface area (Å²) in [6, 6.07) is 56.5. The van der Waals surface area contributed by atoms with Gasteiger partial charge in [0, 0.05) is 45.3 Å². The molecule has 0 saturated heterocycles. The van der Waals surface area contributed by atoms with Crippen LogP contribution in [0.5, 0.6) is 0 Å². The van der Waals surface area contributed by atoms with Crippen molar-refractivity contribution in [1.29, 1.82) is 0 Å². The Kier molecular flexibility index (Phi) is 8.12. The molecule has 224 valence electrons. The van der Waals surface area contributed by atoms with E-state index in [1.165, 1.54) is 5.56 Å². The molecule has 0 unspecified atom stereocenters. The molecular weight excluding hydrogens is 564 g/mol. The van der Waals surface area contributed by atoms with Crippen molar-refractivity contribution in [1.82, 2.24) is 10.2 Å². The van der Waals surface area contributed by atoms with Crippen molar-refractivity contribution < 1.29 is 4.42 Å². The van der Waals surface area contributed by atoms with E-state index in [4.69, 9.17) is 4.42 Å². The molecule has 0 aliphatic heterocycles. The van der Waals surface area contributed by atoms with Crippen molar-refractivity contribution >= 4 is 34.1 Å². The molecule has 0 fully saturated rings. The van der Waals surface area contributed by atoms with Crippen molar-refractivity contribution in [3.63, 3.8) is 0 Å². The van der Waals surface area contributed by atoms with E-state index in [2.05, 4.69) is 155 Å². The van der Waals surface area contributed by atoms with E-state index < -0.39 is 0 Å². The van der Waals surface area contributed by atoms with Crippen LogP contribution in [0.4, 0.5) is 34.1 Å². The predicted octanol–water partition coefficient (Wildman–Crippen LogP) is 11.5. The molecule has 0 aliphatic rings. The monoisotopic (exact) mass is 598 g/mol. The molecule has 5 nitrogen and oxygen atoms in total. The fourth-order valence-corrected chi connectivity index (χ4v) is 5.60. The molecule has 46 heavy (non-hydrogen) atoms. The normalized spacial score (nSPS) is 11.0. The van der Waals surface area contributed by atoms with Crippen LogP contribution in [-0.4, -0.2) is 10.2 Å². The van der Waals surface area contributed by atoms with Gasteiger partial charge in [0.05, 0.1) is 0 Å². The number of rotatable bonds is 9. The Bertz CT molecular complexity index is 1950. The molecule has 0 bridgehead atoms. The molecule has 7 aromatic rings. The largest absolute Gasteiger partial charge is 0.416 e. The van der Waals surface area contributed by atoms with Crippen molar-refractivity contribution in [3.05, 3.63) is 169 Å². The molecular formula is C41H34N4O. The fourth-order valence-electron chi connectivity index (χ4n) is 5.60. The second kappa shape index (κ2) is 13.0. The first-order valence-corrected chi connectivity index (χ1v) is 15.5. The van der Waals surface area contributed by atoms with Crippen LogP contribution in [0.1, 0.15) is 25.3 Å². The Labute approximate surface area is 270 Å². The van der Waals surface area contributed by atoms with E-state index in [-0.39, 0.29) is 0 Å². The van der Waals surface area contributed by atoms with Gasteiger partial charge in [-0.1, -0.05) is 80.6 Å². The maximum Gasteiger partial charge on any atom is 0.248 e. The summed E-state index contributed by atoms with van der Waals surface area (Å²) in [7, 11) is 0. The quantitative estimate of drug-likeness (QED) is 0.165. The first-order chi connectivity index (χ1) is 22.6. The van der Waals surface area contributed by atoms with Gasteiger partial charge in [-0.05, 0) is 109 Å². The number of para-hydroxylation sites is 3. The van der Waals surface area contributed by atoms with Crippen molar-refractivity contribution in [3.8, 4) is 22.9 Å². The second-order valence-corrected chi connectivity index (χ2v) is 11.4. The Morgan fingerprint density at radius 3 is 1.04 bits per heavy atom. The summed E-state index contributed by atoms with van der Waals surface area (Å²) in [5.74, 6) is 1.48. The fraction of sp³-hybridized carbons (Fsp3) is 0.0732. The first-order valence-electron chi connectivity index (χ1n) is 15.5. The summed E-state index contributed by atoms with van der Waals surface area (Å²) < 4.78 is 6.09. The van der Waals surface area contributed by atoms with Crippen LogP contribution >= 0.6 is 0 Å². The Morgan fingerprint density at radius 2 is 0.696 bits per heavy atom. The first kappa shape index (κ1) is 28.8. The molecule has 1 aromatic heterocycles. The van der Waals surface area contributed by atoms with Gasteiger partial charge in [0.2, 0.25) is 11.8 Å². The average molecular weight is 599 g/mol. The predicted molar refractivity (Wildman–Crippen MR) is 189 cm³/mol. The van der Waals surface area contributed by atoms with E-state index in [0.29, 0.717) is 17.7 Å². The van der Waals surface area contributed by atoms with E-state index in [0.717, 1.165) is 45.3 Å². The van der Waals surface area contributed by atoms with Gasteiger partial charge in [-0.3, -0.25) is 0 Å². The summed E-state index contributed by atoms with van der Waals surface area (Å²) in [5, 5.41) is 8.68. The summed E-state index contributed by atoms with van der Waals surface area (Å²) in [6.45, 7) is 4.37. The molecule has 0 radical (unpaired) electrons. The van der Waals surface area contributed by atoms with Crippen LogP contribution in [0.15, 0.2) is 168 Å². The molecule has 0 aliphatic carbocycles. The van der Waals surface area contributed by atoms with Crippen LogP contribution in [0.3, 0.4) is 0 Å². The van der Waals surface area contributed by atoms with Crippen LogP contribution < -0.4 is 9.80 Å². The maximum absolute atomic E-state index is 6.09. The summed E-state index contributed by atoms with van der Waals surface area (Å²) >= 11 is 0. The van der Waals surface area contributed by atoms with Crippen LogP contribution in [0, 0.1) is 0 Å². The van der Waals surface area contributed by atoms with Crippen molar-refractivity contribution in [2.45, 2.75) is 19.8 Å². The van der Waals surface area contributed by atoms with Gasteiger partial charge in [-0.15, -0.1) is 10.2 Å². The molecule has 0 spiro atoms. The molecule has 7 rings (SSSR count). The minimum Gasteiger partial charge on any atom is -0.416 e. The Hall–Kier alpha value is -5.94. The standard InChI is InChI=1S/C41H34N4O/c1-30(2)31-18-20-32(21-19-31)40-42-43-41(46-40)33-22-24-37(25-23-33)45(36-16-10-5-11-17-36)39-28-26-38(27-29-39)44(34-12-6-3-7-13-34)35-14-8-4-9-15-35/h3-30H,1-2H3. The van der Waals surface area contributed by atoms with Crippen LogP contribution in [-0.2, 0) is 0 Å². The number of aromatic nitrogens is 2. The lowest BCUT2D eigenvalue weighted by Crippen LogP contribution is -2.12. The molecule has 5 heteroatoms. The highest BCUT2D eigenvalue weighted by atomic mass is 16.4. The SMILES string of the molecule is CC(C)c1ccc(-c2nnc(-c3ccc(N(c4ccccc4)c4ccc(N(c5ccccc5)c5ccccc5)cc4)cc3)o2)cc1. The Morgan fingerprint density at radius 1 is 0.391 bits per heavy atom. The Balaban J connectivity index is 1.19. The molecule has 0 saturated carbocycles. The van der Waals surface area contributed by atoms with E-state index in [1.807, 2.05) is 42.5 Å². The third-order valence-corrected chi connectivity index (χ3v) is 8.03. The van der Waals surface area contributed by atoms with Crippen LogP contribution in [0.2, 0.25) is 0 Å². The van der Waals surface area contributed by atoms with Gasteiger partial charge in [-0.2, -0.15) is 0 Å². The summed E-state index contributed by atoms with van der Waals surface area (Å²) in [5.41, 5.74) is 9.49. The highest BCUT2D eigenvalue weighted by Crippen LogP contribution is 2.39. The molecule has 0 N–H and O–H groups in total. The summed E-state index contributed by atoms with van der Waals surface area (Å²) in [4.78, 5) is 4.52. The second-order valence-electron chi connectivity index (χ2n) is 11.4. The zero-order valence-corrected chi connectivity index (χ0v) is 25.9. The van der Waals surface area contributed by atoms with Crippen molar-refractivity contribution in [2.75, 3.05) is 9.80 Å². The third kappa shape index (κ3) is 6.04. The molecule has 6 aromatic carbocycles. The molecule has 1 heterocycles. The number of anilines is 6. The number of nitrogens with zero attached hydrogens (tertiary/aromatic N) is 4. The highest BCUT2D eigenvalue weighted by molar-refractivity contribution is 5.81. The van der Waals surface area contributed by atoms with Gasteiger partial charge >= 0.3 is 0 Å². The maximum atomic E-state index is 6.09. The minimum atomic E-state index is 0.470. The highest BCUT2D eigenvalue weighted by Gasteiger charge is 2.17. The van der Waals surface area contributed by atoms with Crippen molar-refractivity contribution in [2.24, 2.45) is 0 Å². The molecule has 0 atom stereocenters. The van der Waals surface area contributed by atoms with E-state index in [9.17, 15) is 0 Å². The molecule has 0 amide bonds. The average Bonchev–Trinajstić information content (AvgIpc) is 3.62. The van der Waals surface area contributed by atoms with Gasteiger partial charge in [0.1, 0.15) is 0 Å². The lowest BCUT2D eigenvalue weighted by atomic mass is 10.0. The van der Waals surface area contributed by atoms with Gasteiger partial charge in [-0.25, -0.2) is 0 Å². The number of hydrogen-bond donors (Lipinski definition) is 0. The zero-order valence-electron chi connectivity index (χ0n) is 25.9. The van der Waals surface area contributed by atoms with Gasteiger partial charge < -0.3 is 14.2 Å². The van der Waals surface area contributed by atoms with E-state index in [1.54, 1.807) is 0 Å². The van der Waals surface area contributed by atoms with E-state index >= 15 is 0 Å². The number of benzene rings is 6.